The summed E-state index contributed by atoms with van der Waals surface area (Å²) in [4.78, 5) is 7.13. The predicted molar refractivity (Wildman–Crippen MR) is 127 cm³/mol. The van der Waals surface area contributed by atoms with Gasteiger partial charge in [0.1, 0.15) is 11.6 Å². The van der Waals surface area contributed by atoms with Gasteiger partial charge in [-0.25, -0.2) is 4.99 Å². The Morgan fingerprint density at radius 3 is 2.73 bits per heavy atom. The topological polar surface area (TPSA) is 88.8 Å². The maximum atomic E-state index is 5.41. The van der Waals surface area contributed by atoms with Gasteiger partial charge >= 0.3 is 0 Å². The van der Waals surface area contributed by atoms with Gasteiger partial charge in [0, 0.05) is 33.2 Å². The van der Waals surface area contributed by atoms with Crippen molar-refractivity contribution in [2.45, 2.75) is 20.0 Å². The third-order valence-corrected chi connectivity index (χ3v) is 4.97. The Bertz CT molecular complexity index is 806. The molecule has 0 amide bonds. The van der Waals surface area contributed by atoms with Crippen LogP contribution < -0.4 is 15.4 Å². The minimum atomic E-state index is 0. The second kappa shape index (κ2) is 12.7. The zero-order valence-corrected chi connectivity index (χ0v) is 20.3. The van der Waals surface area contributed by atoms with E-state index in [-0.39, 0.29) is 24.0 Å². The van der Waals surface area contributed by atoms with Crippen LogP contribution >= 0.6 is 24.0 Å². The number of ether oxygens (including phenoxy) is 2. The van der Waals surface area contributed by atoms with Gasteiger partial charge in [-0.15, -0.1) is 34.2 Å². The number of methoxy groups -OCH3 is 1. The Morgan fingerprint density at radius 2 is 2.03 bits per heavy atom. The van der Waals surface area contributed by atoms with Gasteiger partial charge < -0.3 is 24.7 Å². The number of benzene rings is 1. The van der Waals surface area contributed by atoms with Crippen molar-refractivity contribution < 1.29 is 9.47 Å². The van der Waals surface area contributed by atoms with Gasteiger partial charge in [0.2, 0.25) is 0 Å². The van der Waals surface area contributed by atoms with Gasteiger partial charge in [-0.1, -0.05) is 12.1 Å². The maximum absolute atomic E-state index is 5.41. The monoisotopic (exact) mass is 529 g/mol. The quantitative estimate of drug-likeness (QED) is 0.303. The van der Waals surface area contributed by atoms with Crippen molar-refractivity contribution in [1.82, 2.24) is 30.3 Å². The molecule has 1 aromatic carbocycles. The zero-order chi connectivity index (χ0) is 20.5. The second-order valence-corrected chi connectivity index (χ2v) is 6.97. The van der Waals surface area contributed by atoms with Crippen LogP contribution in [0, 0.1) is 6.92 Å². The fourth-order valence-corrected chi connectivity index (χ4v) is 3.04. The summed E-state index contributed by atoms with van der Waals surface area (Å²) in [7, 11) is 3.64. The van der Waals surface area contributed by atoms with Crippen molar-refractivity contribution >= 4 is 29.9 Å². The molecule has 0 aliphatic carbocycles. The molecule has 1 aromatic heterocycles. The molecule has 3 rings (SSSR count). The number of guanidine groups is 1. The third-order valence-electron chi connectivity index (χ3n) is 4.97. The van der Waals surface area contributed by atoms with E-state index in [1.807, 2.05) is 42.8 Å². The average Bonchev–Trinajstić information content (AvgIpc) is 3.08. The molecule has 10 heteroatoms. The van der Waals surface area contributed by atoms with Crippen LogP contribution in [0.25, 0.3) is 0 Å². The van der Waals surface area contributed by atoms with Crippen molar-refractivity contribution in [2.75, 3.05) is 46.5 Å². The summed E-state index contributed by atoms with van der Waals surface area (Å²) in [5.41, 5.74) is 1.09. The van der Waals surface area contributed by atoms with Crippen LogP contribution in [0.15, 0.2) is 29.3 Å². The minimum Gasteiger partial charge on any atom is -0.497 e. The minimum absolute atomic E-state index is 0. The summed E-state index contributed by atoms with van der Waals surface area (Å²) in [5.74, 6) is 3.34. The third kappa shape index (κ3) is 7.40. The fourth-order valence-electron chi connectivity index (χ4n) is 3.04. The largest absolute Gasteiger partial charge is 0.497 e. The molecule has 166 valence electrons. The van der Waals surface area contributed by atoms with E-state index in [1.54, 1.807) is 7.11 Å². The van der Waals surface area contributed by atoms with Gasteiger partial charge in [0.15, 0.2) is 11.8 Å². The summed E-state index contributed by atoms with van der Waals surface area (Å²) in [6.07, 6.45) is 0. The lowest BCUT2D eigenvalue weighted by Crippen LogP contribution is -2.44. The number of hydrogen-bond donors (Lipinski definition) is 2. The first-order valence-electron chi connectivity index (χ1n) is 9.96. The predicted octanol–water partition coefficient (Wildman–Crippen LogP) is 1.32. The van der Waals surface area contributed by atoms with E-state index in [1.165, 1.54) is 0 Å². The number of rotatable bonds is 8. The molecule has 2 aromatic rings. The first-order valence-corrected chi connectivity index (χ1v) is 9.96. The van der Waals surface area contributed by atoms with Crippen LogP contribution in [0.3, 0.4) is 0 Å². The molecule has 1 fully saturated rings. The van der Waals surface area contributed by atoms with Crippen molar-refractivity contribution in [3.05, 3.63) is 41.5 Å². The lowest BCUT2D eigenvalue weighted by atomic mass is 10.2. The highest BCUT2D eigenvalue weighted by molar-refractivity contribution is 14.0. The number of aryl methyl sites for hydroxylation is 1. The molecule has 0 saturated carbocycles. The van der Waals surface area contributed by atoms with Crippen molar-refractivity contribution in [1.29, 1.82) is 0 Å². The number of halogens is 1. The van der Waals surface area contributed by atoms with E-state index in [4.69, 9.17) is 14.5 Å². The summed E-state index contributed by atoms with van der Waals surface area (Å²) < 4.78 is 12.7. The lowest BCUT2D eigenvalue weighted by molar-refractivity contribution is 0.0389. The highest BCUT2D eigenvalue weighted by atomic mass is 127. The second-order valence-electron chi connectivity index (χ2n) is 6.97. The Balaban J connectivity index is 0.00000320. The molecule has 0 atom stereocenters. The highest BCUT2D eigenvalue weighted by Crippen LogP contribution is 2.13. The van der Waals surface area contributed by atoms with Gasteiger partial charge in [-0.05, 0) is 24.6 Å². The van der Waals surface area contributed by atoms with Gasteiger partial charge in [0.25, 0.3) is 0 Å². The zero-order valence-electron chi connectivity index (χ0n) is 17.9. The number of morpholine rings is 1. The van der Waals surface area contributed by atoms with E-state index < -0.39 is 0 Å². The lowest BCUT2D eigenvalue weighted by Gasteiger charge is -2.26. The molecule has 0 unspecified atom stereocenters. The number of aromatic nitrogens is 3. The fraction of sp³-hybridized carbons (Fsp3) is 0.550. The van der Waals surface area contributed by atoms with Gasteiger partial charge in [0.05, 0.1) is 33.4 Å². The van der Waals surface area contributed by atoms with E-state index in [0.29, 0.717) is 13.1 Å². The van der Waals surface area contributed by atoms with E-state index in [9.17, 15) is 0 Å². The van der Waals surface area contributed by atoms with Gasteiger partial charge in [-0.3, -0.25) is 4.90 Å². The molecule has 2 heterocycles. The summed E-state index contributed by atoms with van der Waals surface area (Å²) in [6, 6.07) is 7.96. The number of nitrogens with one attached hydrogen (secondary N) is 2. The van der Waals surface area contributed by atoms with E-state index in [2.05, 4.69) is 25.7 Å². The van der Waals surface area contributed by atoms with Crippen LogP contribution in [0.4, 0.5) is 0 Å². The molecule has 2 N–H and O–H groups in total. The molecule has 9 nitrogen and oxygen atoms in total. The number of aliphatic imine (C=N–C) groups is 1. The van der Waals surface area contributed by atoms with Crippen LogP contribution in [0.1, 0.15) is 17.2 Å². The average molecular weight is 529 g/mol. The highest BCUT2D eigenvalue weighted by Gasteiger charge is 2.10. The van der Waals surface area contributed by atoms with Crippen LogP contribution in [-0.2, 0) is 24.9 Å². The van der Waals surface area contributed by atoms with Crippen molar-refractivity contribution in [3.63, 3.8) is 0 Å². The van der Waals surface area contributed by atoms with E-state index in [0.717, 1.165) is 68.3 Å². The molecule has 1 aliphatic rings. The molecule has 1 aliphatic heterocycles. The van der Waals surface area contributed by atoms with E-state index >= 15 is 0 Å². The summed E-state index contributed by atoms with van der Waals surface area (Å²) in [5, 5.41) is 15.1. The molecule has 0 spiro atoms. The standard InChI is InChI=1S/C20H31N7O2.HI/c1-16-24-25-19(26(16)2)15-23-20(21-7-8-27-9-11-29-12-10-27)22-14-17-5-4-6-18(13-17)28-3;/h4-6,13H,7-12,14-15H2,1-3H3,(H2,21,22,23);1H. The maximum Gasteiger partial charge on any atom is 0.192 e. The SMILES string of the molecule is COc1cccc(CN=C(NCCN2CCOCC2)NCc2nnc(C)n2C)c1.I. The molecular weight excluding hydrogens is 497 g/mol. The molecule has 0 radical (unpaired) electrons. The first-order chi connectivity index (χ1) is 14.2. The Labute approximate surface area is 195 Å². The van der Waals surface area contributed by atoms with Crippen LogP contribution in [0.5, 0.6) is 5.75 Å². The molecular formula is C20H32IN7O2. The molecule has 0 bridgehead atoms. The molecule has 30 heavy (non-hydrogen) atoms. The van der Waals surface area contributed by atoms with Gasteiger partial charge in [-0.2, -0.15) is 0 Å². The Hall–Kier alpha value is -1.92. The Morgan fingerprint density at radius 1 is 1.23 bits per heavy atom. The first kappa shape index (κ1) is 24.4. The summed E-state index contributed by atoms with van der Waals surface area (Å²) in [6.45, 7) is 8.37. The normalized spacial score (nSPS) is 14.8. The van der Waals surface area contributed by atoms with Crippen molar-refractivity contribution in [3.8, 4) is 5.75 Å². The smallest absolute Gasteiger partial charge is 0.192 e. The van der Waals surface area contributed by atoms with Crippen molar-refractivity contribution in [2.24, 2.45) is 12.0 Å². The summed E-state index contributed by atoms with van der Waals surface area (Å²) >= 11 is 0. The Kier molecular flexibility index (Phi) is 10.3. The molecule has 1 saturated heterocycles. The van der Waals surface area contributed by atoms with Crippen LogP contribution in [-0.4, -0.2) is 72.1 Å². The number of hydrogen-bond acceptors (Lipinski definition) is 6. The van der Waals surface area contributed by atoms with Crippen LogP contribution in [0.2, 0.25) is 0 Å². The number of nitrogens with zero attached hydrogens (tertiary/aromatic N) is 5.